The smallest absolute Gasteiger partial charge is 0.0484 e. The van der Waals surface area contributed by atoms with Crippen molar-refractivity contribution in [2.24, 2.45) is 41.1 Å². The summed E-state index contributed by atoms with van der Waals surface area (Å²) in [5.41, 5.74) is 22.4. The Labute approximate surface area is 314 Å². The van der Waals surface area contributed by atoms with Crippen LogP contribution in [0.25, 0.3) is 0 Å². The van der Waals surface area contributed by atoms with Gasteiger partial charge < -0.3 is 22.1 Å². The van der Waals surface area contributed by atoms with Crippen LogP contribution in [-0.4, -0.2) is 25.2 Å². The first-order chi connectivity index (χ1) is 24.5. The molecule has 0 spiro atoms. The fraction of sp³-hybridized carbons (Fsp3) is 0.378. The number of rotatable bonds is 12. The van der Waals surface area contributed by atoms with Crippen molar-refractivity contribution in [2.75, 3.05) is 13.1 Å². The van der Waals surface area contributed by atoms with Gasteiger partial charge in [-0.15, -0.1) is 0 Å². The van der Waals surface area contributed by atoms with Gasteiger partial charge in [-0.1, -0.05) is 145 Å². The van der Waals surface area contributed by atoms with E-state index >= 15 is 0 Å². The first-order valence-corrected chi connectivity index (χ1v) is 20.0. The molecule has 0 amide bonds. The van der Waals surface area contributed by atoms with E-state index < -0.39 is 0 Å². The Morgan fingerprint density at radius 2 is 1.90 bits per heavy atom. The van der Waals surface area contributed by atoms with E-state index in [0.717, 1.165) is 37.0 Å². The Hall–Kier alpha value is -3.39. The maximum absolute atomic E-state index is 6.42. The van der Waals surface area contributed by atoms with E-state index in [1.807, 2.05) is 12.2 Å². The summed E-state index contributed by atoms with van der Waals surface area (Å²) in [5, 5.41) is 8.05. The van der Waals surface area contributed by atoms with E-state index in [9.17, 15) is 0 Å². The highest BCUT2D eigenvalue weighted by atomic mass is 127. The summed E-state index contributed by atoms with van der Waals surface area (Å²) in [7, 11) is 0. The zero-order valence-electron chi connectivity index (χ0n) is 29.6. The topological polar surface area (TPSA) is 76.1 Å². The maximum atomic E-state index is 6.42. The molecule has 0 aromatic heterocycles. The molecule has 262 valence electrons. The van der Waals surface area contributed by atoms with Crippen LogP contribution in [0.2, 0.25) is 0 Å². The van der Waals surface area contributed by atoms with E-state index in [0.29, 0.717) is 48.7 Å². The Balaban J connectivity index is 1.31. The first kappa shape index (κ1) is 36.4. The van der Waals surface area contributed by atoms with Crippen LogP contribution in [0.1, 0.15) is 51.9 Å². The largest absolute Gasteiger partial charge is 0.384 e. The predicted octanol–water partition coefficient (Wildman–Crippen LogP) is 9.42. The Kier molecular flexibility index (Phi) is 12.9. The molecular formula is C45H55IN4. The molecule has 5 aliphatic carbocycles. The summed E-state index contributed by atoms with van der Waals surface area (Å²) >= 11 is 2.33. The highest BCUT2D eigenvalue weighted by Gasteiger charge is 2.39. The number of nitrogens with two attached hydrogens (primary N) is 2. The average Bonchev–Trinajstić information content (AvgIpc) is 3.17. The maximum Gasteiger partial charge on any atom is 0.0484 e. The van der Waals surface area contributed by atoms with Gasteiger partial charge >= 0.3 is 0 Å². The third kappa shape index (κ3) is 8.38. The third-order valence-electron chi connectivity index (χ3n) is 11.4. The normalized spacial score (nSPS) is 31.0. The van der Waals surface area contributed by atoms with Crippen LogP contribution >= 0.6 is 22.6 Å². The summed E-state index contributed by atoms with van der Waals surface area (Å²) in [5.74, 6) is 2.30. The fourth-order valence-electron chi connectivity index (χ4n) is 8.71. The van der Waals surface area contributed by atoms with Crippen LogP contribution in [0, 0.1) is 29.6 Å². The lowest BCUT2D eigenvalue weighted by Gasteiger charge is -2.43. The Bertz CT molecular complexity index is 1680. The Morgan fingerprint density at radius 1 is 1.04 bits per heavy atom. The van der Waals surface area contributed by atoms with Crippen molar-refractivity contribution in [3.8, 4) is 0 Å². The molecule has 1 saturated carbocycles. The second kappa shape index (κ2) is 17.7. The van der Waals surface area contributed by atoms with Crippen molar-refractivity contribution >= 4 is 22.6 Å². The summed E-state index contributed by atoms with van der Waals surface area (Å²) in [6.45, 7) is 7.52. The van der Waals surface area contributed by atoms with Gasteiger partial charge in [0.2, 0.25) is 0 Å². The van der Waals surface area contributed by atoms with Crippen molar-refractivity contribution < 1.29 is 0 Å². The molecule has 0 saturated heterocycles. The van der Waals surface area contributed by atoms with Crippen molar-refractivity contribution in [3.05, 3.63) is 165 Å². The zero-order chi connectivity index (χ0) is 34.9. The van der Waals surface area contributed by atoms with Crippen LogP contribution in [-0.2, 0) is 0 Å². The Morgan fingerprint density at radius 3 is 2.72 bits per heavy atom. The van der Waals surface area contributed by atoms with Gasteiger partial charge in [-0.3, -0.25) is 0 Å². The van der Waals surface area contributed by atoms with Gasteiger partial charge in [-0.05, 0) is 94.5 Å². The lowest BCUT2D eigenvalue weighted by atomic mass is 9.66. The first-order valence-electron chi connectivity index (χ1n) is 18.7. The number of halogens is 1. The highest BCUT2D eigenvalue weighted by Crippen LogP contribution is 2.47. The lowest BCUT2D eigenvalue weighted by molar-refractivity contribution is 0.257. The van der Waals surface area contributed by atoms with Crippen LogP contribution in [0.15, 0.2) is 165 Å². The number of hydrogen-bond donors (Lipinski definition) is 4. The van der Waals surface area contributed by atoms with Gasteiger partial charge in [0.15, 0.2) is 0 Å². The van der Waals surface area contributed by atoms with Gasteiger partial charge in [-0.2, -0.15) is 0 Å². The molecule has 1 fully saturated rings. The standard InChI is InChI=1S/C45H55IN4/c1-3-32(29-46)13-8-16-35(30-48)34-23-24-41(45(28-34)50-43-21-9-15-33-14-4-5-17-36(33)43)39-25-26-40(38-19-7-6-18-37(38)39)44-22-10-20-42(49-44)31(2)12-11-27-47/h4-8,10-14,16-20,22-23,28-29,33,36,38,40-41,43-44,49-50H,2-3,9,15,21,24-27,30,47-48H2,1H3/b12-11-,13-8+,32-29+,35-16+. The van der Waals surface area contributed by atoms with Crippen LogP contribution < -0.4 is 22.1 Å². The minimum absolute atomic E-state index is 0.243. The van der Waals surface area contributed by atoms with E-state index in [-0.39, 0.29) is 6.04 Å². The predicted molar refractivity (Wildman–Crippen MR) is 222 cm³/mol. The fourth-order valence-corrected chi connectivity index (χ4v) is 9.36. The number of hydrogen-bond acceptors (Lipinski definition) is 4. The van der Waals surface area contributed by atoms with E-state index in [2.05, 4.69) is 148 Å². The molecule has 0 bridgehead atoms. The van der Waals surface area contributed by atoms with Crippen molar-refractivity contribution in [2.45, 2.75) is 64.0 Å². The SMILES string of the molecule is C=C(/C=C\CN)C1=CC=CC(C2CCC(C3CC=C(/C(=C/C=C/C(=C/I)CC)CN)C=C3NC3CCCC4C=CC=CC43)=C3C=CC=CC32)N1. The monoisotopic (exact) mass is 778 g/mol. The number of fused-ring (bicyclic) bond motifs is 2. The van der Waals surface area contributed by atoms with Crippen LogP contribution in [0.4, 0.5) is 0 Å². The molecule has 4 nitrogen and oxygen atoms in total. The molecule has 7 unspecified atom stereocenters. The third-order valence-corrected chi connectivity index (χ3v) is 12.2. The molecule has 6 aliphatic rings. The van der Waals surface area contributed by atoms with Gasteiger partial charge in [-0.25, -0.2) is 0 Å². The molecular weight excluding hydrogens is 723 g/mol. The average molecular weight is 779 g/mol. The number of nitrogens with one attached hydrogen (secondary N) is 2. The minimum Gasteiger partial charge on any atom is -0.384 e. The van der Waals surface area contributed by atoms with E-state index in [1.165, 1.54) is 47.3 Å². The van der Waals surface area contributed by atoms with Gasteiger partial charge in [0.25, 0.3) is 0 Å². The quantitative estimate of drug-likeness (QED) is 0.118. The van der Waals surface area contributed by atoms with Crippen molar-refractivity contribution in [3.63, 3.8) is 0 Å². The van der Waals surface area contributed by atoms with Gasteiger partial charge in [0.1, 0.15) is 0 Å². The molecule has 1 aliphatic heterocycles. The molecule has 50 heavy (non-hydrogen) atoms. The molecule has 0 radical (unpaired) electrons. The molecule has 6 N–H and O–H groups in total. The van der Waals surface area contributed by atoms with E-state index in [4.69, 9.17) is 11.5 Å². The number of allylic oxidation sites excluding steroid dienone is 18. The van der Waals surface area contributed by atoms with Crippen LogP contribution in [0.3, 0.4) is 0 Å². The van der Waals surface area contributed by atoms with Gasteiger partial charge in [0.05, 0.1) is 0 Å². The zero-order valence-corrected chi connectivity index (χ0v) is 31.8. The minimum atomic E-state index is 0.243. The van der Waals surface area contributed by atoms with E-state index in [1.54, 1.807) is 5.57 Å². The molecule has 0 aromatic rings. The summed E-state index contributed by atoms with van der Waals surface area (Å²) < 4.78 is 2.16. The number of dihydropyridines is 1. The molecule has 0 aromatic carbocycles. The highest BCUT2D eigenvalue weighted by molar-refractivity contribution is 14.1. The second-order valence-electron chi connectivity index (χ2n) is 14.3. The molecule has 7 atom stereocenters. The van der Waals surface area contributed by atoms with Crippen molar-refractivity contribution in [1.29, 1.82) is 0 Å². The summed E-state index contributed by atoms with van der Waals surface area (Å²) in [6.07, 6.45) is 48.8. The summed E-state index contributed by atoms with van der Waals surface area (Å²) in [4.78, 5) is 0. The van der Waals surface area contributed by atoms with Gasteiger partial charge in [0, 0.05) is 54.3 Å². The lowest BCUT2D eigenvalue weighted by Crippen LogP contribution is -2.44. The summed E-state index contributed by atoms with van der Waals surface area (Å²) in [6, 6.07) is 0.671. The van der Waals surface area contributed by atoms with Crippen molar-refractivity contribution in [1.82, 2.24) is 10.6 Å². The van der Waals surface area contributed by atoms with Crippen LogP contribution in [0.5, 0.6) is 0 Å². The molecule has 5 heteroatoms. The second-order valence-corrected chi connectivity index (χ2v) is 14.9. The molecule has 1 heterocycles. The molecule has 6 rings (SSSR count).